The van der Waals surface area contributed by atoms with E-state index in [1.165, 1.54) is 0 Å². The topological polar surface area (TPSA) is 54.7 Å². The van der Waals surface area contributed by atoms with Crippen molar-refractivity contribution in [2.45, 2.75) is 12.5 Å². The van der Waals surface area contributed by atoms with Crippen molar-refractivity contribution in [2.24, 2.45) is 7.05 Å². The number of aromatic carboxylic acids is 1. The Labute approximate surface area is 117 Å². The largest absolute Gasteiger partial charge is 0.489 e. The van der Waals surface area contributed by atoms with Crippen LogP contribution >= 0.6 is 0 Å². The van der Waals surface area contributed by atoms with Crippen molar-refractivity contribution >= 4 is 16.9 Å². The van der Waals surface area contributed by atoms with Gasteiger partial charge in [0.1, 0.15) is 11.9 Å². The fourth-order valence-corrected chi connectivity index (χ4v) is 2.80. The van der Waals surface area contributed by atoms with Crippen molar-refractivity contribution in [3.8, 4) is 5.75 Å². The maximum atomic E-state index is 11.3. The first-order valence-corrected chi connectivity index (χ1v) is 6.72. The van der Waals surface area contributed by atoms with Crippen LogP contribution in [0.2, 0.25) is 0 Å². The summed E-state index contributed by atoms with van der Waals surface area (Å²) in [6.45, 7) is 1.96. The Hall–Kier alpha value is -2.01. The Morgan fingerprint density at radius 1 is 1.40 bits per heavy atom. The van der Waals surface area contributed by atoms with Crippen molar-refractivity contribution in [1.29, 1.82) is 0 Å². The van der Waals surface area contributed by atoms with Crippen molar-refractivity contribution in [3.63, 3.8) is 0 Å². The number of aryl methyl sites for hydroxylation is 1. The van der Waals surface area contributed by atoms with Gasteiger partial charge in [-0.25, -0.2) is 4.79 Å². The summed E-state index contributed by atoms with van der Waals surface area (Å²) < 4.78 is 7.78. The molecule has 1 unspecified atom stereocenters. The minimum Gasteiger partial charge on any atom is -0.489 e. The van der Waals surface area contributed by atoms with E-state index in [0.717, 1.165) is 36.2 Å². The predicted molar refractivity (Wildman–Crippen MR) is 76.4 cm³/mol. The Balaban J connectivity index is 1.93. The third kappa shape index (κ3) is 2.25. The third-order valence-electron chi connectivity index (χ3n) is 3.84. The van der Waals surface area contributed by atoms with E-state index in [1.54, 1.807) is 6.20 Å². The van der Waals surface area contributed by atoms with Gasteiger partial charge >= 0.3 is 5.97 Å². The highest BCUT2D eigenvalue weighted by molar-refractivity contribution is 6.03. The SMILES string of the molecule is CN1CCC(Oc2ccc3c(c2)c(C(=O)O)cn3C)C1. The van der Waals surface area contributed by atoms with E-state index in [0.29, 0.717) is 5.56 Å². The summed E-state index contributed by atoms with van der Waals surface area (Å²) in [6, 6.07) is 5.65. The number of hydrogen-bond acceptors (Lipinski definition) is 3. The number of aromatic nitrogens is 1. The molecule has 1 fully saturated rings. The Morgan fingerprint density at radius 2 is 2.20 bits per heavy atom. The van der Waals surface area contributed by atoms with Gasteiger partial charge in [0, 0.05) is 37.2 Å². The summed E-state index contributed by atoms with van der Waals surface area (Å²) in [7, 11) is 3.92. The maximum absolute atomic E-state index is 11.3. The van der Waals surface area contributed by atoms with Gasteiger partial charge in [-0.15, -0.1) is 0 Å². The van der Waals surface area contributed by atoms with E-state index in [4.69, 9.17) is 4.74 Å². The molecule has 20 heavy (non-hydrogen) atoms. The Bertz CT molecular complexity index is 662. The molecule has 0 aliphatic carbocycles. The fraction of sp³-hybridized carbons (Fsp3) is 0.400. The summed E-state index contributed by atoms with van der Waals surface area (Å²) in [4.78, 5) is 13.5. The molecule has 2 heterocycles. The van der Waals surface area contributed by atoms with Crippen LogP contribution in [0, 0.1) is 0 Å². The lowest BCUT2D eigenvalue weighted by atomic mass is 10.1. The molecule has 1 atom stereocenters. The number of fused-ring (bicyclic) bond motifs is 1. The molecule has 1 aromatic carbocycles. The van der Waals surface area contributed by atoms with Crippen LogP contribution in [-0.4, -0.2) is 46.8 Å². The monoisotopic (exact) mass is 274 g/mol. The number of nitrogens with zero attached hydrogens (tertiary/aromatic N) is 2. The van der Waals surface area contributed by atoms with Crippen molar-refractivity contribution in [1.82, 2.24) is 9.47 Å². The number of benzene rings is 1. The van der Waals surface area contributed by atoms with Gasteiger partial charge in [0.2, 0.25) is 0 Å². The second-order valence-corrected chi connectivity index (χ2v) is 5.43. The summed E-state index contributed by atoms with van der Waals surface area (Å²) in [5.41, 5.74) is 1.22. The molecule has 1 N–H and O–H groups in total. The van der Waals surface area contributed by atoms with Gasteiger partial charge < -0.3 is 19.3 Å². The van der Waals surface area contributed by atoms with E-state index in [1.807, 2.05) is 29.8 Å². The van der Waals surface area contributed by atoms with Crippen molar-refractivity contribution in [2.75, 3.05) is 20.1 Å². The highest BCUT2D eigenvalue weighted by atomic mass is 16.5. The smallest absolute Gasteiger partial charge is 0.337 e. The molecule has 3 rings (SSSR count). The fourth-order valence-electron chi connectivity index (χ4n) is 2.80. The highest BCUT2D eigenvalue weighted by Gasteiger charge is 2.21. The van der Waals surface area contributed by atoms with E-state index >= 15 is 0 Å². The molecular weight excluding hydrogens is 256 g/mol. The van der Waals surface area contributed by atoms with E-state index in [9.17, 15) is 9.90 Å². The molecule has 2 aromatic rings. The van der Waals surface area contributed by atoms with Gasteiger partial charge in [-0.3, -0.25) is 0 Å². The van der Waals surface area contributed by atoms with Crippen molar-refractivity contribution < 1.29 is 14.6 Å². The molecule has 0 spiro atoms. The molecule has 0 saturated carbocycles. The van der Waals surface area contributed by atoms with Crippen LogP contribution in [0.3, 0.4) is 0 Å². The van der Waals surface area contributed by atoms with Crippen LogP contribution in [0.4, 0.5) is 0 Å². The van der Waals surface area contributed by atoms with Crippen LogP contribution < -0.4 is 4.74 Å². The maximum Gasteiger partial charge on any atom is 0.337 e. The number of rotatable bonds is 3. The summed E-state index contributed by atoms with van der Waals surface area (Å²) >= 11 is 0. The average molecular weight is 274 g/mol. The van der Waals surface area contributed by atoms with Gasteiger partial charge in [-0.1, -0.05) is 0 Å². The zero-order valence-corrected chi connectivity index (χ0v) is 11.7. The first-order valence-electron chi connectivity index (χ1n) is 6.72. The number of carboxylic acids is 1. The molecule has 0 amide bonds. The molecule has 1 aromatic heterocycles. The molecule has 1 aliphatic rings. The second-order valence-electron chi connectivity index (χ2n) is 5.43. The summed E-state index contributed by atoms with van der Waals surface area (Å²) in [5, 5.41) is 9.97. The van der Waals surface area contributed by atoms with Gasteiger partial charge in [0.25, 0.3) is 0 Å². The second kappa shape index (κ2) is 4.83. The molecule has 0 radical (unpaired) electrons. The number of ether oxygens (including phenoxy) is 1. The molecule has 5 heteroatoms. The van der Waals surface area contributed by atoms with Crippen LogP contribution in [0.1, 0.15) is 16.8 Å². The van der Waals surface area contributed by atoms with E-state index < -0.39 is 5.97 Å². The zero-order valence-electron chi connectivity index (χ0n) is 11.7. The number of carboxylic acid groups (broad SMARTS) is 1. The van der Waals surface area contributed by atoms with E-state index in [-0.39, 0.29) is 6.10 Å². The quantitative estimate of drug-likeness (QED) is 0.929. The number of likely N-dealkylation sites (N-methyl/N-ethyl adjacent to an activating group) is 1. The third-order valence-corrected chi connectivity index (χ3v) is 3.84. The van der Waals surface area contributed by atoms with Crippen molar-refractivity contribution in [3.05, 3.63) is 30.0 Å². The minimum absolute atomic E-state index is 0.189. The number of hydrogen-bond donors (Lipinski definition) is 1. The lowest BCUT2D eigenvalue weighted by Gasteiger charge is -2.14. The lowest BCUT2D eigenvalue weighted by Crippen LogP contribution is -2.21. The molecular formula is C15H18N2O3. The molecule has 5 nitrogen and oxygen atoms in total. The van der Waals surface area contributed by atoms with Crippen LogP contribution in [-0.2, 0) is 7.05 Å². The highest BCUT2D eigenvalue weighted by Crippen LogP contribution is 2.27. The summed E-state index contributed by atoms with van der Waals surface area (Å²) in [5.74, 6) is -0.167. The van der Waals surface area contributed by atoms with Gasteiger partial charge in [-0.2, -0.15) is 0 Å². The molecule has 0 bridgehead atoms. The molecule has 106 valence electrons. The van der Waals surface area contributed by atoms with Crippen LogP contribution in [0.25, 0.3) is 10.9 Å². The Kier molecular flexibility index (Phi) is 3.14. The van der Waals surface area contributed by atoms with Crippen LogP contribution in [0.15, 0.2) is 24.4 Å². The zero-order chi connectivity index (χ0) is 14.3. The van der Waals surface area contributed by atoms with Gasteiger partial charge in [-0.05, 0) is 31.7 Å². The lowest BCUT2D eigenvalue weighted by molar-refractivity contribution is 0.0699. The number of likely N-dealkylation sites (tertiary alicyclic amines) is 1. The normalized spacial score (nSPS) is 19.6. The average Bonchev–Trinajstić information content (AvgIpc) is 2.94. The molecule has 1 saturated heterocycles. The van der Waals surface area contributed by atoms with Crippen LogP contribution in [0.5, 0.6) is 5.75 Å². The van der Waals surface area contributed by atoms with Gasteiger partial charge in [0.15, 0.2) is 0 Å². The van der Waals surface area contributed by atoms with E-state index in [2.05, 4.69) is 11.9 Å². The first kappa shape index (κ1) is 13.0. The molecule has 1 aliphatic heterocycles. The Morgan fingerprint density at radius 3 is 2.85 bits per heavy atom. The minimum atomic E-state index is -0.909. The predicted octanol–water partition coefficient (Wildman–Crippen LogP) is 1.96. The van der Waals surface area contributed by atoms with Gasteiger partial charge in [0.05, 0.1) is 5.56 Å². The number of carbonyl (C=O) groups is 1. The summed E-state index contributed by atoms with van der Waals surface area (Å²) in [6.07, 6.45) is 2.84. The standard InChI is InChI=1S/C15H18N2O3/c1-16-6-5-11(8-16)20-10-3-4-14-12(7-10)13(15(18)19)9-17(14)2/h3-4,7,9,11H,5-6,8H2,1-2H3,(H,18,19). The first-order chi connectivity index (χ1) is 9.54.